The van der Waals surface area contributed by atoms with Crippen LogP contribution in [0.2, 0.25) is 0 Å². The summed E-state index contributed by atoms with van der Waals surface area (Å²) in [5.41, 5.74) is 2.26. The third-order valence-corrected chi connectivity index (χ3v) is 4.82. The average molecular weight is 359 g/mol. The maximum Gasteiger partial charge on any atom is 0.232 e. The molecule has 2 heterocycles. The molecule has 0 N–H and O–H groups in total. The van der Waals surface area contributed by atoms with Crippen LogP contribution in [0, 0.1) is 5.92 Å². The van der Waals surface area contributed by atoms with Gasteiger partial charge in [-0.05, 0) is 52.0 Å². The van der Waals surface area contributed by atoms with Crippen molar-refractivity contribution in [2.45, 2.75) is 18.9 Å². The number of hydrogen-bond donors (Lipinski definition) is 0. The van der Waals surface area contributed by atoms with Crippen LogP contribution in [0.25, 0.3) is 0 Å². The van der Waals surface area contributed by atoms with Crippen LogP contribution in [0.15, 0.2) is 41.0 Å². The molecular formula is C17H15BrN2O2. The highest BCUT2D eigenvalue weighted by atomic mass is 79.9. The van der Waals surface area contributed by atoms with Gasteiger partial charge in [-0.3, -0.25) is 9.69 Å². The van der Waals surface area contributed by atoms with Gasteiger partial charge in [0.05, 0.1) is 13.7 Å². The molecule has 0 spiro atoms. The molecule has 2 atom stereocenters. The summed E-state index contributed by atoms with van der Waals surface area (Å²) in [6.07, 6.45) is 2.71. The predicted molar refractivity (Wildman–Crippen MR) is 87.0 cm³/mol. The van der Waals surface area contributed by atoms with E-state index in [2.05, 4.69) is 27.0 Å². The number of nitrogens with zero attached hydrogens (tertiary/aromatic N) is 2. The van der Waals surface area contributed by atoms with Crippen molar-refractivity contribution in [3.05, 3.63) is 52.1 Å². The van der Waals surface area contributed by atoms with Crippen molar-refractivity contribution in [3.63, 3.8) is 0 Å². The highest BCUT2D eigenvalue weighted by molar-refractivity contribution is 9.10. The van der Waals surface area contributed by atoms with E-state index in [0.717, 1.165) is 28.0 Å². The lowest BCUT2D eigenvalue weighted by Gasteiger charge is -2.28. The second-order valence-electron chi connectivity index (χ2n) is 5.79. The average Bonchev–Trinajstić information content (AvgIpc) is 3.33. The molecule has 112 valence electrons. The van der Waals surface area contributed by atoms with E-state index in [-0.39, 0.29) is 11.8 Å². The number of amides is 1. The zero-order valence-corrected chi connectivity index (χ0v) is 13.7. The number of halogens is 1. The van der Waals surface area contributed by atoms with Crippen LogP contribution >= 0.6 is 15.9 Å². The lowest BCUT2D eigenvalue weighted by atomic mass is 10.0. The first-order valence-corrected chi connectivity index (χ1v) is 8.06. The number of carbonyl (C=O) groups excluding carboxylic acids is 1. The van der Waals surface area contributed by atoms with E-state index in [1.807, 2.05) is 29.2 Å². The Morgan fingerprint density at radius 2 is 2.09 bits per heavy atom. The molecule has 4 rings (SSSR count). The number of rotatable bonds is 3. The molecule has 0 radical (unpaired) electrons. The predicted octanol–water partition coefficient (Wildman–Crippen LogP) is 3.50. The van der Waals surface area contributed by atoms with Crippen LogP contribution in [0.4, 0.5) is 5.82 Å². The third kappa shape index (κ3) is 2.20. The molecule has 2 unspecified atom stereocenters. The molecule has 1 aromatic carbocycles. The quantitative estimate of drug-likeness (QED) is 0.843. The maximum absolute atomic E-state index is 12.6. The van der Waals surface area contributed by atoms with E-state index < -0.39 is 0 Å². The van der Waals surface area contributed by atoms with E-state index in [0.29, 0.717) is 12.5 Å². The van der Waals surface area contributed by atoms with Crippen LogP contribution in [0.3, 0.4) is 0 Å². The second-order valence-corrected chi connectivity index (χ2v) is 6.70. The zero-order chi connectivity index (χ0) is 15.3. The van der Waals surface area contributed by atoms with Crippen molar-refractivity contribution in [1.29, 1.82) is 0 Å². The van der Waals surface area contributed by atoms with Crippen LogP contribution < -0.4 is 9.64 Å². The highest BCUT2D eigenvalue weighted by Crippen LogP contribution is 2.55. The van der Waals surface area contributed by atoms with Gasteiger partial charge in [0, 0.05) is 22.2 Å². The van der Waals surface area contributed by atoms with Gasteiger partial charge >= 0.3 is 0 Å². The normalized spacial score (nSPS) is 22.1. The van der Waals surface area contributed by atoms with Crippen molar-refractivity contribution in [1.82, 2.24) is 4.98 Å². The van der Waals surface area contributed by atoms with Gasteiger partial charge in [-0.25, -0.2) is 4.98 Å². The van der Waals surface area contributed by atoms with Gasteiger partial charge in [-0.15, -0.1) is 0 Å². The molecule has 22 heavy (non-hydrogen) atoms. The summed E-state index contributed by atoms with van der Waals surface area (Å²) in [7, 11) is 1.65. The lowest BCUT2D eigenvalue weighted by molar-refractivity contribution is -0.120. The van der Waals surface area contributed by atoms with Crippen LogP contribution in [0.1, 0.15) is 23.5 Å². The number of ether oxygens (including phenoxy) is 1. The van der Waals surface area contributed by atoms with E-state index in [4.69, 9.17) is 4.74 Å². The fourth-order valence-electron chi connectivity index (χ4n) is 3.13. The number of pyridine rings is 1. The van der Waals surface area contributed by atoms with Crippen LogP contribution in [0.5, 0.6) is 5.75 Å². The Labute approximate surface area is 137 Å². The van der Waals surface area contributed by atoms with Gasteiger partial charge in [-0.1, -0.05) is 12.1 Å². The first-order chi connectivity index (χ1) is 10.7. The van der Waals surface area contributed by atoms with Gasteiger partial charge in [0.15, 0.2) is 0 Å². The van der Waals surface area contributed by atoms with Gasteiger partial charge in [0.2, 0.25) is 5.91 Å². The van der Waals surface area contributed by atoms with Gasteiger partial charge in [0.1, 0.15) is 11.6 Å². The van der Waals surface area contributed by atoms with E-state index in [9.17, 15) is 4.79 Å². The Kier molecular flexibility index (Phi) is 3.18. The minimum absolute atomic E-state index is 0.141. The molecule has 0 bridgehead atoms. The summed E-state index contributed by atoms with van der Waals surface area (Å²) in [6, 6.07) is 9.91. The number of fused-ring (bicyclic) bond motifs is 3. The van der Waals surface area contributed by atoms with Crippen molar-refractivity contribution in [2.24, 2.45) is 5.92 Å². The topological polar surface area (TPSA) is 42.4 Å². The first-order valence-electron chi connectivity index (χ1n) is 7.27. The van der Waals surface area contributed by atoms with Gasteiger partial charge in [-0.2, -0.15) is 0 Å². The number of aromatic nitrogens is 1. The molecule has 0 saturated heterocycles. The molecule has 1 saturated carbocycles. The summed E-state index contributed by atoms with van der Waals surface area (Å²) in [6.45, 7) is 0.549. The summed E-state index contributed by atoms with van der Waals surface area (Å²) < 4.78 is 6.14. The molecule has 4 nitrogen and oxygen atoms in total. The monoisotopic (exact) mass is 358 g/mol. The number of carbonyl (C=O) groups is 1. The number of hydrogen-bond acceptors (Lipinski definition) is 3. The van der Waals surface area contributed by atoms with Crippen molar-refractivity contribution in [3.8, 4) is 5.75 Å². The van der Waals surface area contributed by atoms with Crippen molar-refractivity contribution < 1.29 is 9.53 Å². The minimum atomic E-state index is 0.141. The number of anilines is 1. The molecule has 1 fully saturated rings. The zero-order valence-electron chi connectivity index (χ0n) is 12.1. The summed E-state index contributed by atoms with van der Waals surface area (Å²) >= 11 is 3.47. The Balaban J connectivity index is 1.67. The molecule has 2 aliphatic rings. The van der Waals surface area contributed by atoms with Crippen LogP contribution in [-0.2, 0) is 11.3 Å². The lowest BCUT2D eigenvalue weighted by Crippen LogP contribution is -2.36. The Hall–Kier alpha value is -1.88. The van der Waals surface area contributed by atoms with E-state index in [1.54, 1.807) is 13.3 Å². The van der Waals surface area contributed by atoms with Gasteiger partial charge < -0.3 is 4.74 Å². The molecule has 5 heteroatoms. The van der Waals surface area contributed by atoms with Crippen molar-refractivity contribution >= 4 is 27.7 Å². The standard InChI is InChI=1S/C17H15BrN2O2/c1-22-12-4-2-10(3-5-12)9-20-16-14(6-11(18)8-19-16)13-7-15(13)17(20)21/h2-6,8,13,15H,7,9H2,1H3. The fourth-order valence-corrected chi connectivity index (χ4v) is 3.48. The molecule has 1 aliphatic heterocycles. The fraction of sp³-hybridized carbons (Fsp3) is 0.294. The Bertz CT molecular complexity index is 745. The third-order valence-electron chi connectivity index (χ3n) is 4.39. The molecular weight excluding hydrogens is 344 g/mol. The van der Waals surface area contributed by atoms with Crippen molar-refractivity contribution in [2.75, 3.05) is 12.0 Å². The summed E-state index contributed by atoms with van der Waals surface area (Å²) in [4.78, 5) is 18.9. The molecule has 2 aromatic rings. The number of benzene rings is 1. The SMILES string of the molecule is COc1ccc(CN2C(=O)C3CC3c3cc(Br)cnc32)cc1. The Morgan fingerprint density at radius 3 is 2.82 bits per heavy atom. The first kappa shape index (κ1) is 13.8. The molecule has 1 aromatic heterocycles. The summed E-state index contributed by atoms with van der Waals surface area (Å²) in [5, 5.41) is 0. The number of methoxy groups -OCH3 is 1. The molecule has 1 amide bonds. The summed E-state index contributed by atoms with van der Waals surface area (Å²) in [5.74, 6) is 2.32. The molecule has 1 aliphatic carbocycles. The maximum atomic E-state index is 12.6. The second kappa shape index (κ2) is 5.09. The van der Waals surface area contributed by atoms with E-state index >= 15 is 0 Å². The smallest absolute Gasteiger partial charge is 0.232 e. The highest BCUT2D eigenvalue weighted by Gasteiger charge is 2.52. The van der Waals surface area contributed by atoms with Crippen LogP contribution in [-0.4, -0.2) is 18.0 Å². The Morgan fingerprint density at radius 1 is 1.32 bits per heavy atom. The van der Waals surface area contributed by atoms with E-state index in [1.165, 1.54) is 5.56 Å². The largest absolute Gasteiger partial charge is 0.497 e. The van der Waals surface area contributed by atoms with Gasteiger partial charge in [0.25, 0.3) is 0 Å². The minimum Gasteiger partial charge on any atom is -0.497 e.